The zero-order valence-electron chi connectivity index (χ0n) is 12.9. The molecule has 122 valence electrons. The largest absolute Gasteiger partial charge is 0.485 e. The number of aryl methyl sites for hydroxylation is 1. The Morgan fingerprint density at radius 2 is 1.91 bits per heavy atom. The van der Waals surface area contributed by atoms with E-state index in [0.717, 1.165) is 11.1 Å². The van der Waals surface area contributed by atoms with Crippen LogP contribution in [-0.2, 0) is 11.4 Å². The third-order valence-corrected chi connectivity index (χ3v) is 3.71. The minimum atomic E-state index is -0.986. The van der Waals surface area contributed by atoms with Gasteiger partial charge in [-0.25, -0.2) is 4.79 Å². The van der Waals surface area contributed by atoms with Crippen LogP contribution in [0.5, 0.6) is 11.5 Å². The molecule has 0 saturated carbocycles. The number of carboxylic acid groups (broad SMARTS) is 1. The third kappa shape index (κ3) is 5.28. The lowest BCUT2D eigenvalue weighted by atomic mass is 10.2. The molecular formula is C18H19BrO4. The Balaban J connectivity index is 2.14. The van der Waals surface area contributed by atoms with E-state index in [0.29, 0.717) is 29.9 Å². The van der Waals surface area contributed by atoms with Gasteiger partial charge in [0.25, 0.3) is 0 Å². The molecule has 0 saturated heterocycles. The minimum absolute atomic E-state index is 0.376. The first-order chi connectivity index (χ1) is 11.1. The first kappa shape index (κ1) is 17.3. The molecule has 23 heavy (non-hydrogen) atoms. The first-order valence-electron chi connectivity index (χ1n) is 7.33. The van der Waals surface area contributed by atoms with Gasteiger partial charge in [0.05, 0.1) is 0 Å². The quantitative estimate of drug-likeness (QED) is 0.699. The van der Waals surface area contributed by atoms with Gasteiger partial charge in [-0.15, -0.1) is 0 Å². The maximum atomic E-state index is 11.3. The molecule has 0 aliphatic heterocycles. The summed E-state index contributed by atoms with van der Waals surface area (Å²) in [5.41, 5.74) is 2.02. The average Bonchev–Trinajstić information content (AvgIpc) is 2.54. The van der Waals surface area contributed by atoms with E-state index < -0.39 is 12.1 Å². The van der Waals surface area contributed by atoms with Crippen molar-refractivity contribution in [2.75, 3.05) is 5.33 Å². The van der Waals surface area contributed by atoms with Crippen molar-refractivity contribution in [3.8, 4) is 11.5 Å². The Morgan fingerprint density at radius 3 is 2.57 bits per heavy atom. The lowest BCUT2D eigenvalue weighted by Crippen LogP contribution is -2.27. The number of benzene rings is 2. The van der Waals surface area contributed by atoms with Crippen molar-refractivity contribution < 1.29 is 19.4 Å². The van der Waals surface area contributed by atoms with Crippen molar-refractivity contribution in [2.24, 2.45) is 0 Å². The highest BCUT2D eigenvalue weighted by molar-refractivity contribution is 9.09. The molecular weight excluding hydrogens is 360 g/mol. The van der Waals surface area contributed by atoms with Crippen LogP contribution in [0.2, 0.25) is 0 Å². The van der Waals surface area contributed by atoms with Gasteiger partial charge in [0, 0.05) is 11.8 Å². The summed E-state index contributed by atoms with van der Waals surface area (Å²) in [7, 11) is 0. The predicted molar refractivity (Wildman–Crippen MR) is 92.4 cm³/mol. The second-order valence-electron chi connectivity index (χ2n) is 5.15. The van der Waals surface area contributed by atoms with Crippen LogP contribution in [-0.4, -0.2) is 22.5 Å². The van der Waals surface area contributed by atoms with E-state index >= 15 is 0 Å². The molecule has 0 radical (unpaired) electrons. The standard InChI is InChI=1S/C18H19BrO4/c1-13-7-8-15(22-12-14-5-3-2-4-6-14)17(11-13)23-16(9-10-19)18(20)21/h2-8,11,16H,9-10,12H2,1H3,(H,20,21). The zero-order chi connectivity index (χ0) is 16.7. The van der Waals surface area contributed by atoms with Crippen LogP contribution in [0, 0.1) is 6.92 Å². The van der Waals surface area contributed by atoms with Gasteiger partial charge in [0.15, 0.2) is 17.6 Å². The van der Waals surface area contributed by atoms with E-state index in [-0.39, 0.29) is 0 Å². The molecule has 1 unspecified atom stereocenters. The smallest absolute Gasteiger partial charge is 0.344 e. The third-order valence-electron chi connectivity index (χ3n) is 3.25. The van der Waals surface area contributed by atoms with E-state index in [1.807, 2.05) is 43.3 Å². The highest BCUT2D eigenvalue weighted by Crippen LogP contribution is 2.30. The Kier molecular flexibility index (Phi) is 6.47. The van der Waals surface area contributed by atoms with Crippen molar-refractivity contribution in [1.29, 1.82) is 0 Å². The first-order valence-corrected chi connectivity index (χ1v) is 8.45. The molecule has 2 rings (SSSR count). The highest BCUT2D eigenvalue weighted by atomic mass is 79.9. The summed E-state index contributed by atoms with van der Waals surface area (Å²) in [6.45, 7) is 2.32. The van der Waals surface area contributed by atoms with Gasteiger partial charge in [-0.1, -0.05) is 52.3 Å². The predicted octanol–water partition coefficient (Wildman–Crippen LogP) is 4.19. The average molecular weight is 379 g/mol. The molecule has 0 aromatic heterocycles. The monoisotopic (exact) mass is 378 g/mol. The maximum Gasteiger partial charge on any atom is 0.344 e. The number of carboxylic acids is 1. The van der Waals surface area contributed by atoms with Crippen molar-refractivity contribution in [3.63, 3.8) is 0 Å². The molecule has 0 bridgehead atoms. The van der Waals surface area contributed by atoms with Crippen LogP contribution in [0.25, 0.3) is 0 Å². The normalized spacial score (nSPS) is 11.7. The van der Waals surface area contributed by atoms with Crippen LogP contribution in [0.4, 0.5) is 0 Å². The summed E-state index contributed by atoms with van der Waals surface area (Å²) in [5, 5.41) is 9.80. The maximum absolute atomic E-state index is 11.3. The number of rotatable bonds is 8. The number of aliphatic carboxylic acids is 1. The van der Waals surface area contributed by atoms with E-state index in [2.05, 4.69) is 15.9 Å². The van der Waals surface area contributed by atoms with Gasteiger partial charge in [-0.2, -0.15) is 0 Å². The molecule has 0 heterocycles. The van der Waals surface area contributed by atoms with Crippen LogP contribution in [0.1, 0.15) is 17.5 Å². The molecule has 0 aliphatic rings. The van der Waals surface area contributed by atoms with Crippen molar-refractivity contribution >= 4 is 21.9 Å². The van der Waals surface area contributed by atoms with E-state index in [4.69, 9.17) is 9.47 Å². The fourth-order valence-electron chi connectivity index (χ4n) is 2.05. The van der Waals surface area contributed by atoms with Gasteiger partial charge in [0.1, 0.15) is 6.61 Å². The molecule has 0 aliphatic carbocycles. The van der Waals surface area contributed by atoms with Gasteiger partial charge in [-0.3, -0.25) is 0 Å². The van der Waals surface area contributed by atoms with Crippen LogP contribution in [0.3, 0.4) is 0 Å². The van der Waals surface area contributed by atoms with Crippen molar-refractivity contribution in [1.82, 2.24) is 0 Å². The second kappa shape index (κ2) is 8.58. The van der Waals surface area contributed by atoms with E-state index in [1.165, 1.54) is 0 Å². The van der Waals surface area contributed by atoms with Crippen molar-refractivity contribution in [2.45, 2.75) is 26.1 Å². The van der Waals surface area contributed by atoms with Gasteiger partial charge in [0.2, 0.25) is 0 Å². The lowest BCUT2D eigenvalue weighted by molar-refractivity contribution is -0.145. The summed E-state index contributed by atoms with van der Waals surface area (Å²) >= 11 is 3.25. The fraction of sp³-hybridized carbons (Fsp3) is 0.278. The molecule has 2 aromatic rings. The number of halogens is 1. The van der Waals surface area contributed by atoms with Crippen LogP contribution >= 0.6 is 15.9 Å². The second-order valence-corrected chi connectivity index (χ2v) is 5.94. The minimum Gasteiger partial charge on any atom is -0.485 e. The Hall–Kier alpha value is -2.01. The van der Waals surface area contributed by atoms with Crippen LogP contribution < -0.4 is 9.47 Å². The fourth-order valence-corrected chi connectivity index (χ4v) is 2.46. The molecule has 5 heteroatoms. The number of hydrogen-bond acceptors (Lipinski definition) is 3. The Labute approximate surface area is 144 Å². The Bertz CT molecular complexity index is 643. The molecule has 0 spiro atoms. The van der Waals surface area contributed by atoms with Gasteiger partial charge >= 0.3 is 5.97 Å². The van der Waals surface area contributed by atoms with E-state index in [1.54, 1.807) is 12.1 Å². The molecule has 1 N–H and O–H groups in total. The van der Waals surface area contributed by atoms with E-state index in [9.17, 15) is 9.90 Å². The SMILES string of the molecule is Cc1ccc(OCc2ccccc2)c(OC(CCBr)C(=O)O)c1. The number of alkyl halides is 1. The topological polar surface area (TPSA) is 55.8 Å². The molecule has 1 atom stereocenters. The van der Waals surface area contributed by atoms with Crippen molar-refractivity contribution in [3.05, 3.63) is 59.7 Å². The van der Waals surface area contributed by atoms with Gasteiger partial charge < -0.3 is 14.6 Å². The number of carbonyl (C=O) groups is 1. The number of hydrogen-bond donors (Lipinski definition) is 1. The summed E-state index contributed by atoms with van der Waals surface area (Å²) in [6.07, 6.45) is -0.531. The molecule has 0 amide bonds. The number of ether oxygens (including phenoxy) is 2. The zero-order valence-corrected chi connectivity index (χ0v) is 14.5. The van der Waals surface area contributed by atoms with Crippen LogP contribution in [0.15, 0.2) is 48.5 Å². The molecule has 4 nitrogen and oxygen atoms in total. The molecule has 2 aromatic carbocycles. The van der Waals surface area contributed by atoms with Gasteiger partial charge in [-0.05, 0) is 30.2 Å². The summed E-state index contributed by atoms with van der Waals surface area (Å²) in [4.78, 5) is 11.3. The summed E-state index contributed by atoms with van der Waals surface area (Å²) < 4.78 is 11.5. The lowest BCUT2D eigenvalue weighted by Gasteiger charge is -2.18. The summed E-state index contributed by atoms with van der Waals surface area (Å²) in [5.74, 6) is 0.00882. The summed E-state index contributed by atoms with van der Waals surface area (Å²) in [6, 6.07) is 15.3. The Morgan fingerprint density at radius 1 is 1.17 bits per heavy atom. The highest BCUT2D eigenvalue weighted by Gasteiger charge is 2.20. The molecule has 0 fully saturated rings.